The molecule has 0 bridgehead atoms. The van der Waals surface area contributed by atoms with Crippen molar-refractivity contribution in [2.45, 2.75) is 49.3 Å². The molecule has 2 amide bonds. The second-order valence-corrected chi connectivity index (χ2v) is 13.2. The SMILES string of the molecule is CC(C)c1ccc(S(=O)(=O)Oc2ccc(NC(=O)Nc3ccc(OS(=O)(=O)c4ccc(C(C)C)cc4)cc3)cc2)cc1. The summed E-state index contributed by atoms with van der Waals surface area (Å²) in [5.74, 6) is 0.733. The van der Waals surface area contributed by atoms with E-state index in [1.807, 2.05) is 27.7 Å². The van der Waals surface area contributed by atoms with Crippen LogP contribution in [0.4, 0.5) is 16.2 Å². The molecule has 0 aliphatic heterocycles. The number of carbonyl (C=O) groups excluding carboxylic acids is 1. The normalized spacial score (nSPS) is 11.8. The number of hydrogen-bond donors (Lipinski definition) is 2. The summed E-state index contributed by atoms with van der Waals surface area (Å²) < 4.78 is 60.9. The standard InChI is InChI=1S/C31H32N2O7S2/c1-21(2)23-5-17-29(18-6-23)41(35,36)39-27-13-9-25(10-14-27)32-31(34)33-26-11-15-28(16-12-26)40-42(37,38)30-19-7-24(8-20-30)22(3)4/h5-22H,1-4H3,(H2,32,33,34). The molecule has 4 rings (SSSR count). The molecule has 0 aliphatic rings. The molecule has 11 heteroatoms. The third-order valence-electron chi connectivity index (χ3n) is 6.31. The average Bonchev–Trinajstić information content (AvgIpc) is 2.95. The van der Waals surface area contributed by atoms with Crippen LogP contribution in [0.2, 0.25) is 0 Å². The molecule has 0 aliphatic carbocycles. The van der Waals surface area contributed by atoms with Gasteiger partial charge in [-0.3, -0.25) is 0 Å². The first-order valence-electron chi connectivity index (χ1n) is 13.2. The molecule has 9 nitrogen and oxygen atoms in total. The van der Waals surface area contributed by atoms with E-state index in [2.05, 4.69) is 10.6 Å². The monoisotopic (exact) mass is 608 g/mol. The van der Waals surface area contributed by atoms with Crippen molar-refractivity contribution < 1.29 is 30.0 Å². The third kappa shape index (κ3) is 7.89. The minimum atomic E-state index is -4.02. The maximum atomic E-state index is 12.6. The summed E-state index contributed by atoms with van der Waals surface area (Å²) in [6, 6.07) is 24.2. The van der Waals surface area contributed by atoms with Gasteiger partial charge in [0.15, 0.2) is 0 Å². The third-order valence-corrected chi connectivity index (χ3v) is 8.83. The fourth-order valence-electron chi connectivity index (χ4n) is 3.87. The van der Waals surface area contributed by atoms with Gasteiger partial charge in [0.05, 0.1) is 0 Å². The van der Waals surface area contributed by atoms with Crippen LogP contribution in [0.3, 0.4) is 0 Å². The zero-order valence-corrected chi connectivity index (χ0v) is 25.2. The lowest BCUT2D eigenvalue weighted by Gasteiger charge is -2.11. The van der Waals surface area contributed by atoms with Gasteiger partial charge in [-0.15, -0.1) is 0 Å². The highest BCUT2D eigenvalue weighted by molar-refractivity contribution is 7.87. The van der Waals surface area contributed by atoms with E-state index in [1.165, 1.54) is 72.8 Å². The Kier molecular flexibility index (Phi) is 9.23. The van der Waals surface area contributed by atoms with Gasteiger partial charge in [-0.2, -0.15) is 16.8 Å². The van der Waals surface area contributed by atoms with Crippen LogP contribution in [0.1, 0.15) is 50.7 Å². The summed E-state index contributed by atoms with van der Waals surface area (Å²) in [5.41, 5.74) is 2.83. The van der Waals surface area contributed by atoms with E-state index in [-0.39, 0.29) is 33.1 Å². The number of hydrogen-bond acceptors (Lipinski definition) is 7. The van der Waals surface area contributed by atoms with Gasteiger partial charge in [-0.05, 0) is 95.8 Å². The van der Waals surface area contributed by atoms with Gasteiger partial charge in [-0.25, -0.2) is 4.79 Å². The Hall–Kier alpha value is -4.35. The molecule has 4 aromatic carbocycles. The topological polar surface area (TPSA) is 128 Å². The lowest BCUT2D eigenvalue weighted by molar-refractivity contribution is 0.262. The number of nitrogens with one attached hydrogen (secondary N) is 2. The van der Waals surface area contributed by atoms with Gasteiger partial charge >= 0.3 is 26.3 Å². The molecule has 0 unspecified atom stereocenters. The first-order chi connectivity index (χ1) is 19.8. The molecule has 0 radical (unpaired) electrons. The average molecular weight is 609 g/mol. The van der Waals surface area contributed by atoms with E-state index in [0.29, 0.717) is 11.4 Å². The summed E-state index contributed by atoms with van der Waals surface area (Å²) in [7, 11) is -8.03. The molecule has 0 fully saturated rings. The van der Waals surface area contributed by atoms with Crippen LogP contribution in [0, 0.1) is 0 Å². The quantitative estimate of drug-likeness (QED) is 0.184. The Morgan fingerprint density at radius 1 is 0.524 bits per heavy atom. The molecule has 2 N–H and O–H groups in total. The molecule has 0 saturated heterocycles. The van der Waals surface area contributed by atoms with Crippen LogP contribution in [-0.2, 0) is 20.2 Å². The highest BCUT2D eigenvalue weighted by Crippen LogP contribution is 2.25. The number of anilines is 2. The Bertz CT molecular complexity index is 1600. The van der Waals surface area contributed by atoms with Gasteiger partial charge in [0.2, 0.25) is 0 Å². The molecule has 0 atom stereocenters. The molecule has 0 saturated carbocycles. The lowest BCUT2D eigenvalue weighted by atomic mass is 10.0. The molecule has 0 heterocycles. The molecule has 0 aromatic heterocycles. The first-order valence-corrected chi connectivity index (χ1v) is 16.0. The predicted molar refractivity (Wildman–Crippen MR) is 162 cm³/mol. The number of rotatable bonds is 10. The smallest absolute Gasteiger partial charge is 0.339 e. The van der Waals surface area contributed by atoms with Crippen molar-refractivity contribution in [3.63, 3.8) is 0 Å². The predicted octanol–water partition coefficient (Wildman–Crippen LogP) is 7.11. The van der Waals surface area contributed by atoms with Crippen molar-refractivity contribution in [2.24, 2.45) is 0 Å². The van der Waals surface area contributed by atoms with E-state index in [0.717, 1.165) is 11.1 Å². The van der Waals surface area contributed by atoms with Crippen molar-refractivity contribution >= 4 is 37.6 Å². The van der Waals surface area contributed by atoms with Crippen molar-refractivity contribution in [3.05, 3.63) is 108 Å². The van der Waals surface area contributed by atoms with Crippen LogP contribution in [-0.4, -0.2) is 22.9 Å². The summed E-state index contributed by atoms with van der Waals surface area (Å²) in [6.45, 7) is 8.07. The van der Waals surface area contributed by atoms with E-state index in [4.69, 9.17) is 8.37 Å². The first kappa shape index (κ1) is 30.6. The van der Waals surface area contributed by atoms with Gasteiger partial charge < -0.3 is 19.0 Å². The van der Waals surface area contributed by atoms with E-state index < -0.39 is 26.3 Å². The lowest BCUT2D eigenvalue weighted by Crippen LogP contribution is -2.19. The van der Waals surface area contributed by atoms with Gasteiger partial charge in [-0.1, -0.05) is 52.0 Å². The number of amides is 2. The second-order valence-electron chi connectivity index (χ2n) is 10.2. The van der Waals surface area contributed by atoms with Crippen LogP contribution >= 0.6 is 0 Å². The van der Waals surface area contributed by atoms with E-state index >= 15 is 0 Å². The number of carbonyl (C=O) groups is 1. The second kappa shape index (κ2) is 12.7. The summed E-state index contributed by atoms with van der Waals surface area (Å²) in [5, 5.41) is 5.27. The zero-order chi connectivity index (χ0) is 30.5. The molecular weight excluding hydrogens is 576 g/mol. The van der Waals surface area contributed by atoms with Crippen molar-refractivity contribution in [2.75, 3.05) is 10.6 Å². The highest BCUT2D eigenvalue weighted by Gasteiger charge is 2.18. The van der Waals surface area contributed by atoms with Gasteiger partial charge in [0.1, 0.15) is 21.3 Å². The van der Waals surface area contributed by atoms with Crippen LogP contribution in [0.5, 0.6) is 11.5 Å². The molecule has 42 heavy (non-hydrogen) atoms. The summed E-state index contributed by atoms with van der Waals surface area (Å²) in [4.78, 5) is 12.5. The largest absolute Gasteiger partial charge is 0.379 e. The summed E-state index contributed by atoms with van der Waals surface area (Å²) in [6.07, 6.45) is 0. The minimum absolute atomic E-state index is 0.0443. The number of urea groups is 1. The fraction of sp³-hybridized carbons (Fsp3) is 0.194. The van der Waals surface area contributed by atoms with Crippen LogP contribution < -0.4 is 19.0 Å². The zero-order valence-electron chi connectivity index (χ0n) is 23.6. The Labute approximate surface area is 246 Å². The van der Waals surface area contributed by atoms with Crippen molar-refractivity contribution in [1.82, 2.24) is 0 Å². The van der Waals surface area contributed by atoms with Gasteiger partial charge in [0.25, 0.3) is 0 Å². The summed E-state index contributed by atoms with van der Waals surface area (Å²) >= 11 is 0. The molecule has 0 spiro atoms. The van der Waals surface area contributed by atoms with Crippen LogP contribution in [0.15, 0.2) is 107 Å². The molecule has 220 valence electrons. The maximum Gasteiger partial charge on any atom is 0.339 e. The van der Waals surface area contributed by atoms with Crippen molar-refractivity contribution in [1.29, 1.82) is 0 Å². The minimum Gasteiger partial charge on any atom is -0.379 e. The van der Waals surface area contributed by atoms with E-state index in [9.17, 15) is 21.6 Å². The highest BCUT2D eigenvalue weighted by atomic mass is 32.2. The van der Waals surface area contributed by atoms with Crippen LogP contribution in [0.25, 0.3) is 0 Å². The maximum absolute atomic E-state index is 12.6. The fourth-order valence-corrected chi connectivity index (χ4v) is 5.73. The van der Waals surface area contributed by atoms with Gasteiger partial charge in [0, 0.05) is 11.4 Å². The number of benzene rings is 4. The van der Waals surface area contributed by atoms with Crippen molar-refractivity contribution in [3.8, 4) is 11.5 Å². The Morgan fingerprint density at radius 3 is 1.12 bits per heavy atom. The molecule has 4 aromatic rings. The molecular formula is C31H32N2O7S2. The Balaban J connectivity index is 1.31. The van der Waals surface area contributed by atoms with E-state index in [1.54, 1.807) is 24.3 Å². The Morgan fingerprint density at radius 2 is 0.833 bits per heavy atom.